The number of benzene rings is 3. The predicted octanol–water partition coefficient (Wildman–Crippen LogP) is 6.01. The maximum atomic E-state index is 13.7. The lowest BCUT2D eigenvalue weighted by Crippen LogP contribution is -1.92. The van der Waals surface area contributed by atoms with Crippen LogP contribution in [0.1, 0.15) is 18.1 Å². The van der Waals surface area contributed by atoms with Crippen LogP contribution in [0.5, 0.6) is 0 Å². The predicted molar refractivity (Wildman–Crippen MR) is 104 cm³/mol. The number of hydrogen-bond acceptors (Lipinski definition) is 1. The first-order valence-electron chi connectivity index (χ1n) is 8.48. The average Bonchev–Trinajstić information content (AvgIpc) is 2.96. The molecule has 0 N–H and O–H groups in total. The van der Waals surface area contributed by atoms with Gasteiger partial charge in [-0.25, -0.2) is 4.39 Å². The molecule has 3 aromatic carbocycles. The number of aryl methyl sites for hydroxylation is 2. The lowest BCUT2D eigenvalue weighted by Gasteiger charge is -2.02. The Balaban J connectivity index is 1.79. The molecule has 124 valence electrons. The summed E-state index contributed by atoms with van der Waals surface area (Å²) in [5.74, 6) is -0.226. The lowest BCUT2D eigenvalue weighted by atomic mass is 10.1. The smallest absolute Gasteiger partial charge is 0.128 e. The van der Waals surface area contributed by atoms with E-state index in [1.807, 2.05) is 6.07 Å². The molecule has 0 amide bonds. The monoisotopic (exact) mass is 330 g/mol. The minimum absolute atomic E-state index is 0.226. The summed E-state index contributed by atoms with van der Waals surface area (Å²) in [6, 6.07) is 19.8. The van der Waals surface area contributed by atoms with Crippen molar-refractivity contribution in [2.24, 2.45) is 4.99 Å². The molecule has 0 aliphatic rings. The highest BCUT2D eigenvalue weighted by molar-refractivity contribution is 6.09. The van der Waals surface area contributed by atoms with Crippen molar-refractivity contribution in [3.05, 3.63) is 77.6 Å². The molecule has 3 heteroatoms. The molecule has 2 nitrogen and oxygen atoms in total. The van der Waals surface area contributed by atoms with Gasteiger partial charge in [-0.2, -0.15) is 0 Å². The van der Waals surface area contributed by atoms with Crippen molar-refractivity contribution in [2.45, 2.75) is 20.4 Å². The number of para-hydroxylation sites is 1. The van der Waals surface area contributed by atoms with Gasteiger partial charge in [-0.3, -0.25) is 4.99 Å². The molecule has 0 aliphatic heterocycles. The highest BCUT2D eigenvalue weighted by Crippen LogP contribution is 2.29. The zero-order valence-electron chi connectivity index (χ0n) is 14.3. The van der Waals surface area contributed by atoms with Gasteiger partial charge in [0.2, 0.25) is 0 Å². The molecule has 4 aromatic rings. The number of fused-ring (bicyclic) bond motifs is 3. The first kappa shape index (κ1) is 15.6. The van der Waals surface area contributed by atoms with Crippen LogP contribution in [0.2, 0.25) is 0 Å². The minimum atomic E-state index is -0.226. The van der Waals surface area contributed by atoms with Crippen LogP contribution in [-0.2, 0) is 6.54 Å². The molecule has 0 spiro atoms. The van der Waals surface area contributed by atoms with Crippen LogP contribution in [0.3, 0.4) is 0 Å². The van der Waals surface area contributed by atoms with E-state index >= 15 is 0 Å². The molecule has 0 bridgehead atoms. The van der Waals surface area contributed by atoms with Crippen LogP contribution in [0.25, 0.3) is 21.8 Å². The number of halogens is 1. The van der Waals surface area contributed by atoms with E-state index in [0.29, 0.717) is 11.3 Å². The Kier molecular flexibility index (Phi) is 3.85. The molecule has 4 rings (SSSR count). The van der Waals surface area contributed by atoms with Gasteiger partial charge in [0.1, 0.15) is 5.82 Å². The second-order valence-electron chi connectivity index (χ2n) is 6.23. The summed E-state index contributed by atoms with van der Waals surface area (Å²) in [4.78, 5) is 4.42. The van der Waals surface area contributed by atoms with E-state index in [2.05, 4.69) is 58.9 Å². The van der Waals surface area contributed by atoms with Crippen molar-refractivity contribution >= 4 is 33.7 Å². The Morgan fingerprint density at radius 3 is 2.56 bits per heavy atom. The van der Waals surface area contributed by atoms with E-state index in [4.69, 9.17) is 0 Å². The molecule has 1 aromatic heterocycles. The summed E-state index contributed by atoms with van der Waals surface area (Å²) in [7, 11) is 0. The summed E-state index contributed by atoms with van der Waals surface area (Å²) >= 11 is 0. The van der Waals surface area contributed by atoms with Gasteiger partial charge in [0.25, 0.3) is 0 Å². The van der Waals surface area contributed by atoms with Crippen LogP contribution in [0.15, 0.2) is 65.7 Å². The Labute approximate surface area is 146 Å². The van der Waals surface area contributed by atoms with E-state index in [9.17, 15) is 4.39 Å². The summed E-state index contributed by atoms with van der Waals surface area (Å²) in [5.41, 5.74) is 4.73. The maximum Gasteiger partial charge on any atom is 0.128 e. The van der Waals surface area contributed by atoms with Gasteiger partial charge >= 0.3 is 0 Å². The molecule has 0 unspecified atom stereocenters. The standard InChI is InChI=1S/C22H19FN2/c1-3-25-21-7-5-4-6-18(21)19-12-16(9-11-22(19)25)14-24-17-10-8-15(2)20(23)13-17/h4-14H,3H2,1-2H3. The molecular weight excluding hydrogens is 311 g/mol. The van der Waals surface area contributed by atoms with E-state index in [0.717, 1.165) is 12.1 Å². The van der Waals surface area contributed by atoms with Gasteiger partial charge in [0.05, 0.1) is 5.69 Å². The second kappa shape index (κ2) is 6.17. The van der Waals surface area contributed by atoms with E-state index in [1.54, 1.807) is 19.2 Å². The van der Waals surface area contributed by atoms with E-state index in [-0.39, 0.29) is 5.82 Å². The van der Waals surface area contributed by atoms with Crippen LogP contribution in [0.4, 0.5) is 10.1 Å². The fourth-order valence-corrected chi connectivity index (χ4v) is 3.30. The topological polar surface area (TPSA) is 17.3 Å². The zero-order valence-corrected chi connectivity index (χ0v) is 14.3. The van der Waals surface area contributed by atoms with Crippen LogP contribution in [0, 0.1) is 12.7 Å². The number of aliphatic imine (C=N–C) groups is 1. The maximum absolute atomic E-state index is 13.7. The van der Waals surface area contributed by atoms with Gasteiger partial charge in [0, 0.05) is 34.6 Å². The SMILES string of the molecule is CCn1c2ccccc2c2cc(C=Nc3ccc(C)c(F)c3)ccc21. The Morgan fingerprint density at radius 2 is 1.76 bits per heavy atom. The largest absolute Gasteiger partial charge is 0.341 e. The molecule has 25 heavy (non-hydrogen) atoms. The number of aromatic nitrogens is 1. The van der Waals surface area contributed by atoms with Crippen molar-refractivity contribution < 1.29 is 4.39 Å². The van der Waals surface area contributed by atoms with Crippen LogP contribution >= 0.6 is 0 Å². The van der Waals surface area contributed by atoms with Gasteiger partial charge < -0.3 is 4.57 Å². The van der Waals surface area contributed by atoms with Crippen molar-refractivity contribution in [3.63, 3.8) is 0 Å². The molecule has 0 atom stereocenters. The third kappa shape index (κ3) is 2.72. The normalized spacial score (nSPS) is 11.8. The number of rotatable bonds is 3. The first-order valence-corrected chi connectivity index (χ1v) is 8.48. The van der Waals surface area contributed by atoms with E-state index in [1.165, 1.54) is 27.9 Å². The lowest BCUT2D eigenvalue weighted by molar-refractivity contribution is 0.619. The Morgan fingerprint density at radius 1 is 0.960 bits per heavy atom. The summed E-state index contributed by atoms with van der Waals surface area (Å²) in [5, 5.41) is 2.47. The van der Waals surface area contributed by atoms with Gasteiger partial charge in [-0.15, -0.1) is 0 Å². The highest BCUT2D eigenvalue weighted by Gasteiger charge is 2.09. The third-order valence-electron chi connectivity index (χ3n) is 4.63. The molecule has 1 heterocycles. The van der Waals surface area contributed by atoms with Crippen molar-refractivity contribution in [2.75, 3.05) is 0 Å². The summed E-state index contributed by atoms with van der Waals surface area (Å²) < 4.78 is 16.0. The fourth-order valence-electron chi connectivity index (χ4n) is 3.30. The van der Waals surface area contributed by atoms with Crippen LogP contribution in [-0.4, -0.2) is 10.8 Å². The van der Waals surface area contributed by atoms with Gasteiger partial charge in [-0.05, 0) is 55.3 Å². The second-order valence-corrected chi connectivity index (χ2v) is 6.23. The molecule has 0 fully saturated rings. The molecule has 0 saturated carbocycles. The molecule has 0 radical (unpaired) electrons. The summed E-state index contributed by atoms with van der Waals surface area (Å²) in [6.07, 6.45) is 1.79. The third-order valence-corrected chi connectivity index (χ3v) is 4.63. The molecular formula is C22H19FN2. The van der Waals surface area contributed by atoms with Gasteiger partial charge in [0.15, 0.2) is 0 Å². The first-order chi connectivity index (χ1) is 12.2. The highest BCUT2D eigenvalue weighted by atomic mass is 19.1. The quantitative estimate of drug-likeness (QED) is 0.409. The zero-order chi connectivity index (χ0) is 17.4. The van der Waals surface area contributed by atoms with E-state index < -0.39 is 0 Å². The molecule has 0 aliphatic carbocycles. The van der Waals surface area contributed by atoms with Gasteiger partial charge in [-0.1, -0.05) is 30.3 Å². The van der Waals surface area contributed by atoms with Crippen LogP contribution < -0.4 is 0 Å². The average molecular weight is 330 g/mol. The van der Waals surface area contributed by atoms with Crippen molar-refractivity contribution in [1.82, 2.24) is 4.57 Å². The Bertz CT molecular complexity index is 1110. The molecule has 0 saturated heterocycles. The number of hydrogen-bond donors (Lipinski definition) is 0. The summed E-state index contributed by atoms with van der Waals surface area (Å²) in [6.45, 7) is 4.84. The van der Waals surface area contributed by atoms with Crippen molar-refractivity contribution in [3.8, 4) is 0 Å². The minimum Gasteiger partial charge on any atom is -0.341 e. The number of nitrogens with zero attached hydrogens (tertiary/aromatic N) is 2. The fraction of sp³-hybridized carbons (Fsp3) is 0.136. The Hall–Kier alpha value is -2.94. The van der Waals surface area contributed by atoms with Crippen molar-refractivity contribution in [1.29, 1.82) is 0 Å².